The van der Waals surface area contributed by atoms with E-state index in [9.17, 15) is 0 Å². The molecule has 0 saturated heterocycles. The Morgan fingerprint density at radius 2 is 2.64 bits per heavy atom. The average molecular weight is 166 g/mol. The van der Waals surface area contributed by atoms with Crippen LogP contribution in [0.5, 0.6) is 0 Å². The van der Waals surface area contributed by atoms with Crippen LogP contribution in [0.4, 0.5) is 0 Å². The fourth-order valence-corrected chi connectivity index (χ4v) is 1.01. The summed E-state index contributed by atoms with van der Waals surface area (Å²) in [4.78, 5) is 0.980. The van der Waals surface area contributed by atoms with Crippen molar-refractivity contribution in [2.75, 3.05) is 0 Å². The van der Waals surface area contributed by atoms with Crippen molar-refractivity contribution >= 4 is 11.5 Å². The number of hydrogen-bond donors (Lipinski definition) is 1. The van der Waals surface area contributed by atoms with Gasteiger partial charge in [-0.15, -0.1) is 0 Å². The van der Waals surface area contributed by atoms with Gasteiger partial charge in [-0.3, -0.25) is 0 Å². The molecule has 0 bridgehead atoms. The molecule has 1 heterocycles. The molecule has 0 fully saturated rings. The average Bonchev–Trinajstić information content (AvgIpc) is 2.52. The maximum absolute atomic E-state index is 5.60. The molecule has 0 aliphatic carbocycles. The number of nitrogens with zero attached hydrogens (tertiary/aromatic N) is 1. The van der Waals surface area contributed by atoms with Gasteiger partial charge in [-0.05, 0) is 24.0 Å². The molecule has 0 aromatic carbocycles. The Morgan fingerprint density at radius 1 is 1.82 bits per heavy atom. The zero-order valence-corrected chi connectivity index (χ0v) is 7.19. The van der Waals surface area contributed by atoms with E-state index in [1.54, 1.807) is 6.20 Å². The summed E-state index contributed by atoms with van der Waals surface area (Å²) >= 11 is 1.40. The molecule has 1 aromatic rings. The van der Waals surface area contributed by atoms with Crippen LogP contribution in [0.25, 0.3) is 0 Å². The van der Waals surface area contributed by atoms with Gasteiger partial charge in [-0.1, -0.05) is 18.8 Å². The van der Waals surface area contributed by atoms with Gasteiger partial charge >= 0.3 is 0 Å². The molecule has 1 aromatic heterocycles. The van der Waals surface area contributed by atoms with Gasteiger partial charge in [0.25, 0.3) is 0 Å². The molecule has 1 unspecified atom stereocenters. The van der Waals surface area contributed by atoms with Crippen molar-refractivity contribution < 1.29 is 0 Å². The molecule has 58 valence electrons. The second-order valence-electron chi connectivity index (χ2n) is 2.16. The van der Waals surface area contributed by atoms with Crippen LogP contribution in [0, 0.1) is 11.8 Å². The van der Waals surface area contributed by atoms with Crippen molar-refractivity contribution in [3.05, 3.63) is 17.1 Å². The third-order valence-electron chi connectivity index (χ3n) is 1.26. The van der Waals surface area contributed by atoms with Gasteiger partial charge in [0.05, 0.1) is 10.9 Å². The second kappa shape index (κ2) is 4.12. The molecule has 11 heavy (non-hydrogen) atoms. The first-order valence-electron chi connectivity index (χ1n) is 3.50. The minimum Gasteiger partial charge on any atom is -0.318 e. The van der Waals surface area contributed by atoms with Crippen molar-refractivity contribution in [1.29, 1.82) is 0 Å². The van der Waals surface area contributed by atoms with Gasteiger partial charge in [0.1, 0.15) is 0 Å². The number of aromatic nitrogens is 1. The quantitative estimate of drug-likeness (QED) is 0.637. The third kappa shape index (κ3) is 2.71. The van der Waals surface area contributed by atoms with E-state index in [1.807, 2.05) is 13.0 Å². The van der Waals surface area contributed by atoms with Crippen LogP contribution >= 0.6 is 11.5 Å². The molecule has 2 N–H and O–H groups in total. The molecular weight excluding hydrogens is 156 g/mol. The van der Waals surface area contributed by atoms with Crippen LogP contribution in [-0.2, 0) is 0 Å². The topological polar surface area (TPSA) is 38.9 Å². The first-order valence-corrected chi connectivity index (χ1v) is 4.28. The standard InChI is InChI=1S/C8H10N2S/c1-2-7(9)3-4-8-5-6-10-11-8/h5-7H,2,9H2,1H3. The van der Waals surface area contributed by atoms with Crippen molar-refractivity contribution in [3.63, 3.8) is 0 Å². The molecule has 1 atom stereocenters. The lowest BCUT2D eigenvalue weighted by molar-refractivity contribution is 0.806. The first-order chi connectivity index (χ1) is 5.33. The predicted octanol–water partition coefficient (Wildman–Crippen LogP) is 1.23. The number of hydrogen-bond acceptors (Lipinski definition) is 3. The maximum Gasteiger partial charge on any atom is 0.0975 e. The monoisotopic (exact) mass is 166 g/mol. The Kier molecular flexibility index (Phi) is 3.09. The van der Waals surface area contributed by atoms with Crippen molar-refractivity contribution in [1.82, 2.24) is 4.37 Å². The summed E-state index contributed by atoms with van der Waals surface area (Å²) in [5, 5.41) is 0. The Hall–Kier alpha value is -0.850. The molecule has 0 spiro atoms. The summed E-state index contributed by atoms with van der Waals surface area (Å²) < 4.78 is 3.92. The van der Waals surface area contributed by atoms with Crippen LogP contribution in [0.1, 0.15) is 18.2 Å². The summed E-state index contributed by atoms with van der Waals surface area (Å²) in [5.41, 5.74) is 5.60. The smallest absolute Gasteiger partial charge is 0.0975 e. The normalized spacial score (nSPS) is 11.8. The molecular formula is C8H10N2S. The maximum atomic E-state index is 5.60. The molecule has 0 aliphatic heterocycles. The van der Waals surface area contributed by atoms with E-state index >= 15 is 0 Å². The van der Waals surface area contributed by atoms with Crippen LogP contribution in [0.2, 0.25) is 0 Å². The zero-order valence-electron chi connectivity index (χ0n) is 6.37. The Bertz CT molecular complexity index is 255. The summed E-state index contributed by atoms with van der Waals surface area (Å²) in [5.74, 6) is 5.89. The van der Waals surface area contributed by atoms with Gasteiger partial charge < -0.3 is 5.73 Å². The highest BCUT2D eigenvalue weighted by Crippen LogP contribution is 2.00. The summed E-state index contributed by atoms with van der Waals surface area (Å²) in [6.07, 6.45) is 2.64. The fraction of sp³-hybridized carbons (Fsp3) is 0.375. The van der Waals surface area contributed by atoms with E-state index in [1.165, 1.54) is 11.5 Å². The summed E-state index contributed by atoms with van der Waals surface area (Å²) in [7, 11) is 0. The highest BCUT2D eigenvalue weighted by atomic mass is 32.1. The molecule has 1 rings (SSSR count). The van der Waals surface area contributed by atoms with Gasteiger partial charge in [0.2, 0.25) is 0 Å². The number of nitrogens with two attached hydrogens (primary N) is 1. The van der Waals surface area contributed by atoms with Gasteiger partial charge in [0, 0.05) is 6.20 Å². The lowest BCUT2D eigenvalue weighted by Crippen LogP contribution is -2.15. The van der Waals surface area contributed by atoms with Crippen molar-refractivity contribution in [2.24, 2.45) is 5.73 Å². The van der Waals surface area contributed by atoms with Crippen LogP contribution in [-0.4, -0.2) is 10.4 Å². The lowest BCUT2D eigenvalue weighted by Gasteiger charge is -1.93. The minimum absolute atomic E-state index is 0.00269. The van der Waals surface area contributed by atoms with Crippen LogP contribution in [0.15, 0.2) is 12.3 Å². The molecule has 0 saturated carbocycles. The Morgan fingerprint density at radius 3 is 3.18 bits per heavy atom. The van der Waals surface area contributed by atoms with Crippen molar-refractivity contribution in [3.8, 4) is 11.8 Å². The summed E-state index contributed by atoms with van der Waals surface area (Å²) in [6.45, 7) is 2.02. The minimum atomic E-state index is -0.00269. The number of rotatable bonds is 1. The summed E-state index contributed by atoms with van der Waals surface area (Å²) in [6, 6.07) is 1.89. The molecule has 0 radical (unpaired) electrons. The molecule has 3 heteroatoms. The van der Waals surface area contributed by atoms with E-state index in [0.717, 1.165) is 11.3 Å². The molecule has 2 nitrogen and oxygen atoms in total. The SMILES string of the molecule is CCC(N)C#Cc1ccns1. The zero-order chi connectivity index (χ0) is 8.10. The van der Waals surface area contributed by atoms with Gasteiger partial charge in [-0.25, -0.2) is 0 Å². The third-order valence-corrected chi connectivity index (χ3v) is 1.92. The van der Waals surface area contributed by atoms with Crippen LogP contribution < -0.4 is 5.73 Å². The van der Waals surface area contributed by atoms with E-state index < -0.39 is 0 Å². The van der Waals surface area contributed by atoms with Gasteiger partial charge in [-0.2, -0.15) is 4.37 Å². The fourth-order valence-electron chi connectivity index (χ4n) is 0.546. The highest BCUT2D eigenvalue weighted by Gasteiger charge is 1.90. The van der Waals surface area contributed by atoms with E-state index in [4.69, 9.17) is 5.73 Å². The first kappa shape index (κ1) is 8.25. The van der Waals surface area contributed by atoms with Crippen LogP contribution in [0.3, 0.4) is 0 Å². The predicted molar refractivity (Wildman–Crippen MR) is 47.3 cm³/mol. The second-order valence-corrected chi connectivity index (χ2v) is 2.99. The largest absolute Gasteiger partial charge is 0.318 e. The highest BCUT2D eigenvalue weighted by molar-refractivity contribution is 7.06. The lowest BCUT2D eigenvalue weighted by atomic mass is 10.2. The Balaban J connectivity index is 2.58. The van der Waals surface area contributed by atoms with E-state index in [-0.39, 0.29) is 6.04 Å². The Labute approximate surface area is 70.6 Å². The molecule has 0 amide bonds. The van der Waals surface area contributed by atoms with Gasteiger partial charge in [0.15, 0.2) is 0 Å². The van der Waals surface area contributed by atoms with E-state index in [2.05, 4.69) is 16.2 Å². The molecule has 0 aliphatic rings. The van der Waals surface area contributed by atoms with Crippen molar-refractivity contribution in [2.45, 2.75) is 19.4 Å². The van der Waals surface area contributed by atoms with E-state index in [0.29, 0.717) is 0 Å².